The van der Waals surface area contributed by atoms with Crippen LogP contribution in [-0.4, -0.2) is 4.98 Å². The molecule has 2 nitrogen and oxygen atoms in total. The summed E-state index contributed by atoms with van der Waals surface area (Å²) in [5.74, 6) is 0.778. The minimum Gasteiger partial charge on any atom is -0.440 e. The number of fused-ring (bicyclic) bond motifs is 1. The first-order chi connectivity index (χ1) is 9.91. The summed E-state index contributed by atoms with van der Waals surface area (Å²) < 4.78 is 5.86. The second-order valence-corrected chi connectivity index (χ2v) is 6.70. The van der Waals surface area contributed by atoms with Gasteiger partial charge in [0.1, 0.15) is 5.52 Å². The first kappa shape index (κ1) is 13.9. The van der Waals surface area contributed by atoms with E-state index >= 15 is 0 Å². The lowest BCUT2D eigenvalue weighted by molar-refractivity contribution is 0.543. The van der Waals surface area contributed by atoms with E-state index in [1.54, 1.807) is 0 Å². The molecule has 0 spiro atoms. The Bertz CT molecular complexity index is 760. The fourth-order valence-electron chi connectivity index (χ4n) is 2.40. The van der Waals surface area contributed by atoms with Crippen LogP contribution < -0.4 is 0 Å². The highest BCUT2D eigenvalue weighted by Gasteiger charge is 2.15. The predicted molar refractivity (Wildman–Crippen MR) is 86.7 cm³/mol. The van der Waals surface area contributed by atoms with Gasteiger partial charge in [-0.1, -0.05) is 56.7 Å². The summed E-state index contributed by atoms with van der Waals surface area (Å²) in [7, 11) is 0. The standard InChI is InChI=1S/C19H21NO/c1-13-5-7-14(8-6-13)11-18-20-16-12-15(19(2,3)4)9-10-17(16)21-18/h5-10,12H,11H2,1-4H3. The van der Waals surface area contributed by atoms with Gasteiger partial charge in [0.25, 0.3) is 0 Å². The van der Waals surface area contributed by atoms with Crippen LogP contribution in [0.5, 0.6) is 0 Å². The number of hydrogen-bond acceptors (Lipinski definition) is 2. The third kappa shape index (κ3) is 2.99. The lowest BCUT2D eigenvalue weighted by Crippen LogP contribution is -2.10. The number of rotatable bonds is 2. The van der Waals surface area contributed by atoms with Crippen LogP contribution in [0.25, 0.3) is 11.1 Å². The number of aryl methyl sites for hydroxylation is 1. The summed E-state index contributed by atoms with van der Waals surface area (Å²) in [6.07, 6.45) is 0.736. The smallest absolute Gasteiger partial charge is 0.199 e. The average Bonchev–Trinajstić information content (AvgIpc) is 2.81. The highest BCUT2D eigenvalue weighted by atomic mass is 16.3. The van der Waals surface area contributed by atoms with Gasteiger partial charge < -0.3 is 4.42 Å². The Morgan fingerprint density at radius 3 is 2.38 bits per heavy atom. The van der Waals surface area contributed by atoms with E-state index in [9.17, 15) is 0 Å². The largest absolute Gasteiger partial charge is 0.440 e. The molecule has 0 unspecified atom stereocenters. The molecule has 2 heteroatoms. The number of aromatic nitrogens is 1. The Hall–Kier alpha value is -2.09. The summed E-state index contributed by atoms with van der Waals surface area (Å²) in [4.78, 5) is 4.64. The van der Waals surface area contributed by atoms with Crippen molar-refractivity contribution in [2.24, 2.45) is 0 Å². The third-order valence-corrected chi connectivity index (χ3v) is 3.77. The fraction of sp³-hybridized carbons (Fsp3) is 0.316. The van der Waals surface area contributed by atoms with Gasteiger partial charge in [0, 0.05) is 6.42 Å². The minimum atomic E-state index is 0.129. The molecule has 0 aliphatic rings. The molecule has 3 rings (SSSR count). The van der Waals surface area contributed by atoms with E-state index in [0.717, 1.165) is 23.4 Å². The number of nitrogens with zero attached hydrogens (tertiary/aromatic N) is 1. The average molecular weight is 279 g/mol. The van der Waals surface area contributed by atoms with Gasteiger partial charge in [0.15, 0.2) is 11.5 Å². The van der Waals surface area contributed by atoms with Crippen molar-refractivity contribution in [1.29, 1.82) is 0 Å². The highest BCUT2D eigenvalue weighted by Crippen LogP contribution is 2.26. The molecular weight excluding hydrogens is 258 g/mol. The van der Waals surface area contributed by atoms with E-state index in [0.29, 0.717) is 0 Å². The summed E-state index contributed by atoms with van der Waals surface area (Å²) in [5, 5.41) is 0. The Balaban J connectivity index is 1.92. The van der Waals surface area contributed by atoms with Crippen LogP contribution >= 0.6 is 0 Å². The molecule has 1 heterocycles. The van der Waals surface area contributed by atoms with Crippen LogP contribution in [0.2, 0.25) is 0 Å². The van der Waals surface area contributed by atoms with Crippen molar-refractivity contribution >= 4 is 11.1 Å². The molecule has 108 valence electrons. The van der Waals surface area contributed by atoms with Crippen molar-refractivity contribution in [2.75, 3.05) is 0 Å². The molecule has 0 amide bonds. The molecule has 0 aliphatic carbocycles. The predicted octanol–water partition coefficient (Wildman–Crippen LogP) is 5.02. The van der Waals surface area contributed by atoms with Gasteiger partial charge in [-0.3, -0.25) is 0 Å². The molecule has 0 bridgehead atoms. The monoisotopic (exact) mass is 279 g/mol. The van der Waals surface area contributed by atoms with Gasteiger partial charge in [-0.25, -0.2) is 4.98 Å². The molecule has 0 saturated carbocycles. The normalized spacial score (nSPS) is 12.0. The van der Waals surface area contributed by atoms with Gasteiger partial charge in [-0.15, -0.1) is 0 Å². The van der Waals surface area contributed by atoms with E-state index in [1.165, 1.54) is 16.7 Å². The molecular formula is C19H21NO. The van der Waals surface area contributed by atoms with Crippen LogP contribution in [0.1, 0.15) is 43.4 Å². The minimum absolute atomic E-state index is 0.129. The van der Waals surface area contributed by atoms with Gasteiger partial charge in [0.05, 0.1) is 0 Å². The Morgan fingerprint density at radius 1 is 1.00 bits per heavy atom. The molecule has 3 aromatic rings. The van der Waals surface area contributed by atoms with Crippen molar-refractivity contribution < 1.29 is 4.42 Å². The first-order valence-electron chi connectivity index (χ1n) is 7.37. The van der Waals surface area contributed by atoms with Crippen molar-refractivity contribution in [1.82, 2.24) is 4.98 Å². The van der Waals surface area contributed by atoms with Crippen molar-refractivity contribution in [3.05, 3.63) is 65.0 Å². The first-order valence-corrected chi connectivity index (χ1v) is 7.37. The van der Waals surface area contributed by atoms with Crippen LogP contribution in [0.15, 0.2) is 46.9 Å². The molecule has 0 atom stereocenters. The van der Waals surface area contributed by atoms with E-state index in [2.05, 4.69) is 69.1 Å². The molecule has 2 aromatic carbocycles. The van der Waals surface area contributed by atoms with Crippen LogP contribution in [0, 0.1) is 6.92 Å². The van der Waals surface area contributed by atoms with Gasteiger partial charge in [-0.2, -0.15) is 0 Å². The maximum atomic E-state index is 5.86. The van der Waals surface area contributed by atoms with Crippen molar-refractivity contribution in [3.63, 3.8) is 0 Å². The Labute approximate surface area is 125 Å². The molecule has 0 fully saturated rings. The summed E-state index contributed by atoms with van der Waals surface area (Å²) in [6.45, 7) is 8.72. The van der Waals surface area contributed by atoms with Gasteiger partial charge >= 0.3 is 0 Å². The second kappa shape index (κ2) is 5.03. The third-order valence-electron chi connectivity index (χ3n) is 3.77. The van der Waals surface area contributed by atoms with E-state index in [-0.39, 0.29) is 5.41 Å². The summed E-state index contributed by atoms with van der Waals surface area (Å²) >= 11 is 0. The fourth-order valence-corrected chi connectivity index (χ4v) is 2.40. The Kier molecular flexibility index (Phi) is 3.32. The molecule has 21 heavy (non-hydrogen) atoms. The zero-order chi connectivity index (χ0) is 15.0. The van der Waals surface area contributed by atoms with Crippen LogP contribution in [0.4, 0.5) is 0 Å². The molecule has 1 aromatic heterocycles. The molecule has 0 N–H and O–H groups in total. The quantitative estimate of drug-likeness (QED) is 0.658. The lowest BCUT2D eigenvalue weighted by atomic mass is 9.87. The van der Waals surface area contributed by atoms with E-state index < -0.39 is 0 Å². The summed E-state index contributed by atoms with van der Waals surface area (Å²) in [5.41, 5.74) is 5.72. The maximum absolute atomic E-state index is 5.86. The highest BCUT2D eigenvalue weighted by molar-refractivity contribution is 5.73. The lowest BCUT2D eigenvalue weighted by Gasteiger charge is -2.18. The topological polar surface area (TPSA) is 26.0 Å². The SMILES string of the molecule is Cc1ccc(Cc2nc3cc(C(C)(C)C)ccc3o2)cc1. The van der Waals surface area contributed by atoms with Gasteiger partial charge in [0.2, 0.25) is 0 Å². The Morgan fingerprint density at radius 2 is 1.71 bits per heavy atom. The molecule has 0 aliphatic heterocycles. The van der Waals surface area contributed by atoms with E-state index in [1.807, 2.05) is 6.07 Å². The van der Waals surface area contributed by atoms with E-state index in [4.69, 9.17) is 4.42 Å². The van der Waals surface area contributed by atoms with Crippen molar-refractivity contribution in [2.45, 2.75) is 39.5 Å². The number of hydrogen-bond donors (Lipinski definition) is 0. The van der Waals surface area contributed by atoms with Gasteiger partial charge in [-0.05, 0) is 35.6 Å². The molecule has 0 radical (unpaired) electrons. The van der Waals surface area contributed by atoms with Crippen LogP contribution in [0.3, 0.4) is 0 Å². The second-order valence-electron chi connectivity index (χ2n) is 6.70. The number of benzene rings is 2. The number of oxazole rings is 1. The molecule has 0 saturated heterocycles. The summed E-state index contributed by atoms with van der Waals surface area (Å²) in [6, 6.07) is 14.8. The van der Waals surface area contributed by atoms with Crippen molar-refractivity contribution in [3.8, 4) is 0 Å². The van der Waals surface area contributed by atoms with Crippen LogP contribution in [-0.2, 0) is 11.8 Å². The zero-order valence-corrected chi connectivity index (χ0v) is 13.1. The maximum Gasteiger partial charge on any atom is 0.199 e. The zero-order valence-electron chi connectivity index (χ0n) is 13.1.